The van der Waals surface area contributed by atoms with Crippen LogP contribution in [0.1, 0.15) is 25.7 Å². The van der Waals surface area contributed by atoms with Crippen LogP contribution < -0.4 is 5.32 Å². The molecule has 0 radical (unpaired) electrons. The van der Waals surface area contributed by atoms with Crippen LogP contribution in [0.5, 0.6) is 0 Å². The summed E-state index contributed by atoms with van der Waals surface area (Å²) in [5, 5.41) is 3.58. The summed E-state index contributed by atoms with van der Waals surface area (Å²) in [5.74, 6) is 0.241. The van der Waals surface area contributed by atoms with Crippen LogP contribution in [0.15, 0.2) is 60.7 Å². The third kappa shape index (κ3) is 5.43. The largest absolute Gasteiger partial charge is 0.295 e. The predicted octanol–water partition coefficient (Wildman–Crippen LogP) is 5.28. The summed E-state index contributed by atoms with van der Waals surface area (Å²) >= 11 is 6.04. The van der Waals surface area contributed by atoms with Crippen molar-refractivity contribution in [1.82, 2.24) is 14.9 Å². The standard InChI is InChI=1S/C24H25ClN4O/c25-20-12-10-19(11-13-20)22-16-21(18-8-4-3-5-9-18)26-24(27-22)28-23(30)17-29-14-6-1-2-7-15-29/h3-5,8-13,16H,1-2,6-7,14-15,17H2,(H,26,27,28,30). The summed E-state index contributed by atoms with van der Waals surface area (Å²) in [4.78, 5) is 24.1. The monoisotopic (exact) mass is 420 g/mol. The average molecular weight is 421 g/mol. The Morgan fingerprint density at radius 2 is 1.47 bits per heavy atom. The molecule has 0 atom stereocenters. The van der Waals surface area contributed by atoms with Gasteiger partial charge >= 0.3 is 0 Å². The molecule has 0 bridgehead atoms. The van der Waals surface area contributed by atoms with Crippen LogP contribution in [0.4, 0.5) is 5.95 Å². The molecular weight excluding hydrogens is 396 g/mol. The predicted molar refractivity (Wildman–Crippen MR) is 121 cm³/mol. The summed E-state index contributed by atoms with van der Waals surface area (Å²) in [6, 6.07) is 19.3. The molecule has 0 unspecified atom stereocenters. The molecule has 4 rings (SSSR count). The number of hydrogen-bond donors (Lipinski definition) is 1. The smallest absolute Gasteiger partial charge is 0.240 e. The minimum absolute atomic E-state index is 0.0795. The first-order valence-corrected chi connectivity index (χ1v) is 10.8. The van der Waals surface area contributed by atoms with Crippen molar-refractivity contribution in [2.24, 2.45) is 0 Å². The lowest BCUT2D eigenvalue weighted by atomic mass is 10.1. The quantitative estimate of drug-likeness (QED) is 0.610. The molecule has 1 aromatic heterocycles. The van der Waals surface area contributed by atoms with Crippen LogP contribution in [-0.2, 0) is 4.79 Å². The molecule has 1 aliphatic heterocycles. The Balaban J connectivity index is 1.60. The zero-order valence-electron chi connectivity index (χ0n) is 16.9. The highest BCUT2D eigenvalue weighted by Crippen LogP contribution is 2.26. The van der Waals surface area contributed by atoms with E-state index in [2.05, 4.69) is 20.2 Å². The first-order valence-electron chi connectivity index (χ1n) is 10.4. The summed E-state index contributed by atoms with van der Waals surface area (Å²) in [5.41, 5.74) is 3.39. The fourth-order valence-electron chi connectivity index (χ4n) is 3.69. The van der Waals surface area contributed by atoms with Gasteiger partial charge in [-0.05, 0) is 44.1 Å². The normalized spacial score (nSPS) is 14.8. The zero-order chi connectivity index (χ0) is 20.8. The number of anilines is 1. The van der Waals surface area contributed by atoms with E-state index >= 15 is 0 Å². The third-order valence-corrected chi connectivity index (χ3v) is 5.50. The van der Waals surface area contributed by atoms with Crippen LogP contribution in [0.3, 0.4) is 0 Å². The first kappa shape index (κ1) is 20.5. The van der Waals surface area contributed by atoms with E-state index in [1.165, 1.54) is 12.8 Å². The van der Waals surface area contributed by atoms with Crippen molar-refractivity contribution < 1.29 is 4.79 Å². The Kier molecular flexibility index (Phi) is 6.72. The van der Waals surface area contributed by atoms with E-state index in [4.69, 9.17) is 11.6 Å². The molecule has 154 valence electrons. The maximum absolute atomic E-state index is 12.7. The zero-order valence-corrected chi connectivity index (χ0v) is 17.6. The third-order valence-electron chi connectivity index (χ3n) is 5.25. The summed E-state index contributed by atoms with van der Waals surface area (Å²) in [7, 11) is 0. The minimum Gasteiger partial charge on any atom is -0.295 e. The Morgan fingerprint density at radius 3 is 2.10 bits per heavy atom. The molecule has 1 N–H and O–H groups in total. The van der Waals surface area contributed by atoms with Gasteiger partial charge in [0.1, 0.15) is 0 Å². The molecule has 5 nitrogen and oxygen atoms in total. The molecular formula is C24H25ClN4O. The van der Waals surface area contributed by atoms with Crippen molar-refractivity contribution in [2.45, 2.75) is 25.7 Å². The van der Waals surface area contributed by atoms with E-state index in [-0.39, 0.29) is 5.91 Å². The highest BCUT2D eigenvalue weighted by atomic mass is 35.5. The Bertz CT molecular complexity index is 984. The van der Waals surface area contributed by atoms with Crippen molar-refractivity contribution in [3.8, 4) is 22.5 Å². The van der Waals surface area contributed by atoms with Crippen molar-refractivity contribution in [3.05, 3.63) is 65.7 Å². The average Bonchev–Trinajstić information content (AvgIpc) is 3.03. The molecule has 2 aromatic carbocycles. The molecule has 1 aliphatic rings. The maximum atomic E-state index is 12.7. The highest BCUT2D eigenvalue weighted by molar-refractivity contribution is 6.30. The van der Waals surface area contributed by atoms with Gasteiger partial charge in [0.2, 0.25) is 11.9 Å². The molecule has 0 spiro atoms. The van der Waals surface area contributed by atoms with Crippen LogP contribution in [0, 0.1) is 0 Å². The van der Waals surface area contributed by atoms with Crippen LogP contribution in [0.25, 0.3) is 22.5 Å². The number of hydrogen-bond acceptors (Lipinski definition) is 4. The fourth-order valence-corrected chi connectivity index (χ4v) is 3.82. The van der Waals surface area contributed by atoms with E-state index in [9.17, 15) is 4.79 Å². The number of nitrogens with zero attached hydrogens (tertiary/aromatic N) is 3. The van der Waals surface area contributed by atoms with E-state index in [1.807, 2.05) is 60.7 Å². The van der Waals surface area contributed by atoms with E-state index in [0.717, 1.165) is 48.4 Å². The van der Waals surface area contributed by atoms with Crippen molar-refractivity contribution in [2.75, 3.05) is 25.0 Å². The van der Waals surface area contributed by atoms with E-state index in [1.54, 1.807) is 0 Å². The van der Waals surface area contributed by atoms with Crippen molar-refractivity contribution >= 4 is 23.5 Å². The van der Waals surface area contributed by atoms with Gasteiger partial charge in [0.25, 0.3) is 0 Å². The van der Waals surface area contributed by atoms with Gasteiger partial charge in [-0.1, -0.05) is 66.9 Å². The lowest BCUT2D eigenvalue weighted by Gasteiger charge is -2.18. The second-order valence-electron chi connectivity index (χ2n) is 7.57. The molecule has 1 amide bonds. The number of carbonyl (C=O) groups is 1. The van der Waals surface area contributed by atoms with E-state index < -0.39 is 0 Å². The van der Waals surface area contributed by atoms with Gasteiger partial charge in [-0.25, -0.2) is 9.97 Å². The molecule has 2 heterocycles. The summed E-state index contributed by atoms with van der Waals surface area (Å²) < 4.78 is 0. The number of rotatable bonds is 5. The number of nitrogens with one attached hydrogen (secondary N) is 1. The van der Waals surface area contributed by atoms with Crippen LogP contribution >= 0.6 is 11.6 Å². The number of amides is 1. The Hall–Kier alpha value is -2.76. The van der Waals surface area contributed by atoms with Gasteiger partial charge in [-0.15, -0.1) is 0 Å². The van der Waals surface area contributed by atoms with Gasteiger partial charge in [0.15, 0.2) is 0 Å². The number of benzene rings is 2. The van der Waals surface area contributed by atoms with E-state index in [0.29, 0.717) is 17.5 Å². The molecule has 6 heteroatoms. The summed E-state index contributed by atoms with van der Waals surface area (Å²) in [6.45, 7) is 2.30. The first-order chi connectivity index (χ1) is 14.7. The SMILES string of the molecule is O=C(CN1CCCCCC1)Nc1nc(-c2ccccc2)cc(-c2ccc(Cl)cc2)n1. The lowest BCUT2D eigenvalue weighted by molar-refractivity contribution is -0.117. The molecule has 1 saturated heterocycles. The second-order valence-corrected chi connectivity index (χ2v) is 8.01. The fraction of sp³-hybridized carbons (Fsp3) is 0.292. The van der Waals surface area contributed by atoms with Crippen molar-refractivity contribution in [3.63, 3.8) is 0 Å². The number of aromatic nitrogens is 2. The summed E-state index contributed by atoms with van der Waals surface area (Å²) in [6.07, 6.45) is 4.78. The Morgan fingerprint density at radius 1 is 0.867 bits per heavy atom. The molecule has 3 aromatic rings. The highest BCUT2D eigenvalue weighted by Gasteiger charge is 2.15. The van der Waals surface area contributed by atoms with Gasteiger partial charge in [0.05, 0.1) is 17.9 Å². The molecule has 0 saturated carbocycles. The minimum atomic E-state index is -0.0795. The van der Waals surface area contributed by atoms with Gasteiger partial charge in [-0.2, -0.15) is 0 Å². The Labute approximate surface area is 182 Å². The maximum Gasteiger partial charge on any atom is 0.240 e. The van der Waals surface area contributed by atoms with Crippen LogP contribution in [0.2, 0.25) is 5.02 Å². The lowest BCUT2D eigenvalue weighted by Crippen LogP contribution is -2.34. The number of carbonyl (C=O) groups excluding carboxylic acids is 1. The van der Waals surface area contributed by atoms with Gasteiger partial charge in [-0.3, -0.25) is 15.0 Å². The second kappa shape index (κ2) is 9.83. The number of likely N-dealkylation sites (tertiary alicyclic amines) is 1. The van der Waals surface area contributed by atoms with Crippen molar-refractivity contribution in [1.29, 1.82) is 0 Å². The number of halogens is 1. The topological polar surface area (TPSA) is 58.1 Å². The van der Waals surface area contributed by atoms with Crippen LogP contribution in [-0.4, -0.2) is 40.4 Å². The van der Waals surface area contributed by atoms with Gasteiger partial charge in [0, 0.05) is 16.1 Å². The molecule has 1 fully saturated rings. The van der Waals surface area contributed by atoms with Gasteiger partial charge < -0.3 is 0 Å². The molecule has 30 heavy (non-hydrogen) atoms. The molecule has 0 aliphatic carbocycles.